The van der Waals surface area contributed by atoms with Gasteiger partial charge in [0.25, 0.3) is 17.3 Å². The summed E-state index contributed by atoms with van der Waals surface area (Å²) in [5, 5.41) is 0.774. The molecule has 0 spiro atoms. The molecule has 0 atom stereocenters. The summed E-state index contributed by atoms with van der Waals surface area (Å²) in [4.78, 5) is 9.34. The van der Waals surface area contributed by atoms with Gasteiger partial charge in [0.05, 0.1) is 11.0 Å². The summed E-state index contributed by atoms with van der Waals surface area (Å²) in [6.07, 6.45) is 2.90. The average Bonchev–Trinajstić information content (AvgIpc) is 3.81. The van der Waals surface area contributed by atoms with Crippen LogP contribution < -0.4 is 9.15 Å². The molecule has 3 aromatic heterocycles. The second-order valence-corrected chi connectivity index (χ2v) is 16.5. The smallest absolute Gasteiger partial charge is 0.380 e. The van der Waals surface area contributed by atoms with Gasteiger partial charge in [-0.15, -0.1) is 11.6 Å². The van der Waals surface area contributed by atoms with Crippen LogP contribution in [0.5, 0.6) is 0 Å². The van der Waals surface area contributed by atoms with E-state index in [0.29, 0.717) is 39.5 Å². The van der Waals surface area contributed by atoms with Gasteiger partial charge >= 0.3 is 27.1 Å². The van der Waals surface area contributed by atoms with E-state index in [9.17, 15) is 0 Å². The van der Waals surface area contributed by atoms with Crippen molar-refractivity contribution in [3.8, 4) is 16.9 Å². The number of benzene rings is 5. The van der Waals surface area contributed by atoms with Gasteiger partial charge in [-0.1, -0.05) is 148 Å². The van der Waals surface area contributed by atoms with Gasteiger partial charge < -0.3 is 9.55 Å². The predicted molar refractivity (Wildman–Crippen MR) is 232 cm³/mol. The van der Waals surface area contributed by atoms with Gasteiger partial charge in [-0.2, -0.15) is 6.07 Å². The zero-order chi connectivity index (χ0) is 46.5. The van der Waals surface area contributed by atoms with Crippen molar-refractivity contribution in [1.29, 1.82) is 0 Å². The Labute approximate surface area is 368 Å². The van der Waals surface area contributed by atoms with E-state index in [1.165, 1.54) is 12.3 Å². The van der Waals surface area contributed by atoms with Crippen LogP contribution in [0.3, 0.4) is 0 Å². The molecule has 8 heteroatoms. The Morgan fingerprint density at radius 1 is 0.712 bits per heavy atom. The van der Waals surface area contributed by atoms with Crippen LogP contribution >= 0.6 is 0 Å². The molecule has 0 saturated carbocycles. The van der Waals surface area contributed by atoms with E-state index >= 15 is 8.78 Å². The van der Waals surface area contributed by atoms with E-state index in [0.717, 1.165) is 16.5 Å². The zero-order valence-corrected chi connectivity index (χ0v) is 35.5. The third-order valence-electron chi connectivity index (χ3n) is 10.5. The van der Waals surface area contributed by atoms with Crippen LogP contribution in [0.4, 0.5) is 31.5 Å². The van der Waals surface area contributed by atoms with E-state index in [1.807, 2.05) is 86.0 Å². The summed E-state index contributed by atoms with van der Waals surface area (Å²) in [5.74, 6) is -3.09. The number of pyridine rings is 2. The Balaban J connectivity index is 0.00000592. The van der Waals surface area contributed by atoms with Crippen LogP contribution in [0.15, 0.2) is 134 Å². The molecule has 59 heavy (non-hydrogen) atoms. The topological polar surface area (TPSA) is 36.7 Å². The summed E-state index contributed by atoms with van der Waals surface area (Å²) in [6, 6.07) is 35.9. The van der Waals surface area contributed by atoms with Gasteiger partial charge in [-0.25, -0.2) is 13.8 Å². The summed E-state index contributed by atoms with van der Waals surface area (Å²) >= 11 is 0. The molecule has 0 N–H and O–H groups in total. The summed E-state index contributed by atoms with van der Waals surface area (Å²) in [6.45, 7) is 9.24. The minimum atomic E-state index is -3.65. The van der Waals surface area contributed by atoms with Crippen molar-refractivity contribution in [2.45, 2.75) is 65.1 Å². The summed E-state index contributed by atoms with van der Waals surface area (Å²) in [5.41, 5.74) is 2.92. The largest absolute Gasteiger partial charge is 2.00 e. The molecule has 1 aliphatic heterocycles. The Morgan fingerprint density at radius 2 is 1.37 bits per heavy atom. The summed E-state index contributed by atoms with van der Waals surface area (Å²) < 4.78 is 98.8. The quantitative estimate of drug-likeness (QED) is 0.123. The van der Waals surface area contributed by atoms with Gasteiger partial charge in [0.2, 0.25) is 5.69 Å². The van der Waals surface area contributed by atoms with Crippen LogP contribution in [0, 0.1) is 19.0 Å². The molecule has 1 aliphatic rings. The number of alkyl halides is 2. The van der Waals surface area contributed by atoms with Crippen LogP contribution in [-0.2, 0) is 37.8 Å². The molecule has 5 aromatic carbocycles. The van der Waals surface area contributed by atoms with E-state index in [2.05, 4.69) is 48.9 Å². The third kappa shape index (κ3) is 7.07. The molecule has 9 rings (SSSR count). The average molecular weight is 966 g/mol. The SMILES string of the molecule is [2H]c1c([2H])c(C([2H])([2H])[2H])c([2H])c([2H])c1-c1ccccc1[N+]1=C=[N+](c2[c-]c(C(F)(F)c3[c-]c4c(nc3)c3ccccc3n4-c3cc(C(C)(C)C)ccn3)cc(C(C)(C)C)c2)c2ccccc21.[Pt+2]. The minimum Gasteiger partial charge on any atom is -0.380 e. The number of nitrogens with zero attached hydrogens (tertiary/aromatic N) is 5. The Kier molecular flexibility index (Phi) is 8.01. The number of para-hydroxylation sites is 4. The first kappa shape index (κ1) is 32.0. The van der Waals surface area contributed by atoms with Gasteiger partial charge in [0.15, 0.2) is 0 Å². The first-order valence-corrected chi connectivity index (χ1v) is 19.0. The molecule has 0 saturated heterocycles. The van der Waals surface area contributed by atoms with Gasteiger partial charge in [-0.05, 0) is 74.1 Å². The second-order valence-electron chi connectivity index (χ2n) is 16.5. The van der Waals surface area contributed by atoms with Crippen LogP contribution in [0.25, 0.3) is 38.9 Å². The van der Waals surface area contributed by atoms with E-state index in [4.69, 9.17) is 9.60 Å². The van der Waals surface area contributed by atoms with Crippen LogP contribution in [0.2, 0.25) is 0 Å². The fourth-order valence-corrected chi connectivity index (χ4v) is 7.33. The number of rotatable bonds is 6. The molecule has 0 bridgehead atoms. The molecule has 0 fully saturated rings. The van der Waals surface area contributed by atoms with Gasteiger partial charge in [0.1, 0.15) is 11.5 Å². The molecule has 5 nitrogen and oxygen atoms in total. The molecule has 0 amide bonds. The zero-order valence-electron chi connectivity index (χ0n) is 40.2. The van der Waals surface area contributed by atoms with Crippen molar-refractivity contribution in [3.05, 3.63) is 174 Å². The van der Waals surface area contributed by atoms with E-state index in [-0.39, 0.29) is 43.3 Å². The molecular formula is C51H43F2N5Pt+2. The van der Waals surface area contributed by atoms with E-state index in [1.54, 1.807) is 45.7 Å². The van der Waals surface area contributed by atoms with Crippen LogP contribution in [0.1, 0.15) is 79.0 Å². The molecular weight excluding hydrogens is 916 g/mol. The molecule has 0 radical (unpaired) electrons. The van der Waals surface area contributed by atoms with Crippen molar-refractivity contribution in [3.63, 3.8) is 0 Å². The fraction of sp³-hybridized carbons (Fsp3) is 0.196. The Bertz CT molecular complexity index is 3330. The Morgan fingerprint density at radius 3 is 2.08 bits per heavy atom. The third-order valence-corrected chi connectivity index (χ3v) is 10.5. The number of aromatic nitrogens is 3. The van der Waals surface area contributed by atoms with Crippen LogP contribution in [-0.4, -0.2) is 20.5 Å². The van der Waals surface area contributed by atoms with Crippen molar-refractivity contribution in [2.75, 3.05) is 0 Å². The number of halogens is 2. The second kappa shape index (κ2) is 14.7. The van der Waals surface area contributed by atoms with Crippen molar-refractivity contribution in [1.82, 2.24) is 23.7 Å². The maximum Gasteiger partial charge on any atom is 2.00 e. The minimum absolute atomic E-state index is 0. The number of hydrogen-bond acceptors (Lipinski definition) is 2. The van der Waals surface area contributed by atoms with Crippen molar-refractivity contribution < 1.29 is 39.4 Å². The monoisotopic (exact) mass is 965 g/mol. The molecule has 294 valence electrons. The number of hydrogen-bond donors (Lipinski definition) is 0. The standard InChI is InChI=1S/C51H43F2N5.Pt/c1-33-20-22-34(23-21-33)40-14-8-10-16-42(40)57-32-56(44-18-12-13-19-45(44)57)39-27-36(50(5,6)7)26-37(28-39)51(52,53)38-29-46-48(55-31-38)41-15-9-11-17-43(41)58(46)47-30-35(24-25-54-47)49(2,3)4;/h8-27,30-31H,1-7H3;/q;+2/i1D3,20D,21D,22D,23D;. The maximum atomic E-state index is 17.5. The molecule has 4 heterocycles. The predicted octanol–water partition coefficient (Wildman–Crippen LogP) is 12.7. The first-order valence-electron chi connectivity index (χ1n) is 22.5. The fourth-order valence-electron chi connectivity index (χ4n) is 7.33. The Hall–Kier alpha value is -5.87. The van der Waals surface area contributed by atoms with Gasteiger partial charge in [0, 0.05) is 34.0 Å². The molecule has 0 unspecified atom stereocenters. The maximum absolute atomic E-state index is 17.5. The molecule has 0 aliphatic carbocycles. The van der Waals surface area contributed by atoms with Crippen molar-refractivity contribution in [2.24, 2.45) is 0 Å². The number of fused-ring (bicyclic) bond motifs is 4. The van der Waals surface area contributed by atoms with E-state index < -0.39 is 59.0 Å². The molecule has 8 aromatic rings. The van der Waals surface area contributed by atoms with Gasteiger partial charge in [-0.3, -0.25) is 0 Å². The van der Waals surface area contributed by atoms with Crippen molar-refractivity contribution >= 4 is 50.7 Å². The summed E-state index contributed by atoms with van der Waals surface area (Å²) in [7, 11) is 0. The first-order chi connectivity index (χ1) is 30.6. The normalized spacial score (nSPS) is 14.9.